The fraction of sp³-hybridized carbons (Fsp3) is 0.208. The Morgan fingerprint density at radius 3 is 2.41 bits per heavy atom. The van der Waals surface area contributed by atoms with Gasteiger partial charge in [-0.25, -0.2) is 0 Å². The standard InChI is InChI=1S/C24H22N4S/c1-24(2,3)18-13-11-17(12-14-18)21-15-29-23-26-25-22(28(23)27-21)20-10-6-8-16-7-4-5-9-19(16)20/h4-14H,15H2,1-3H3. The smallest absolute Gasteiger partial charge is 0.186 e. The molecule has 0 unspecified atom stereocenters. The highest BCUT2D eigenvalue weighted by Crippen LogP contribution is 2.32. The van der Waals surface area contributed by atoms with Gasteiger partial charge >= 0.3 is 0 Å². The normalized spacial score (nSPS) is 14.0. The minimum absolute atomic E-state index is 0.143. The number of rotatable bonds is 2. The fourth-order valence-electron chi connectivity index (χ4n) is 3.62. The van der Waals surface area contributed by atoms with Crippen LogP contribution in [0, 0.1) is 0 Å². The Balaban J connectivity index is 1.59. The molecule has 29 heavy (non-hydrogen) atoms. The molecule has 2 heterocycles. The maximum absolute atomic E-state index is 4.94. The second-order valence-corrected chi connectivity index (χ2v) is 9.25. The van der Waals surface area contributed by atoms with E-state index in [1.54, 1.807) is 11.8 Å². The SMILES string of the molecule is CC(C)(C)c1ccc(C2=Nn3c(nnc3-c3cccc4ccccc34)SC2)cc1. The average Bonchev–Trinajstić information content (AvgIpc) is 3.16. The second-order valence-electron chi connectivity index (χ2n) is 8.31. The highest BCUT2D eigenvalue weighted by atomic mass is 32.2. The first-order valence-electron chi connectivity index (χ1n) is 9.76. The van der Waals surface area contributed by atoms with E-state index in [1.807, 2.05) is 4.68 Å². The zero-order chi connectivity index (χ0) is 20.0. The van der Waals surface area contributed by atoms with Gasteiger partial charge in [0.05, 0.1) is 5.71 Å². The van der Waals surface area contributed by atoms with Crippen molar-refractivity contribution < 1.29 is 0 Å². The maximum atomic E-state index is 4.94. The van der Waals surface area contributed by atoms with E-state index in [0.29, 0.717) is 0 Å². The van der Waals surface area contributed by atoms with Crippen molar-refractivity contribution in [2.24, 2.45) is 5.10 Å². The number of aromatic nitrogens is 3. The molecule has 0 radical (unpaired) electrons. The van der Waals surface area contributed by atoms with Gasteiger partial charge in [-0.15, -0.1) is 10.2 Å². The molecule has 5 heteroatoms. The molecule has 4 aromatic rings. The summed E-state index contributed by atoms with van der Waals surface area (Å²) in [7, 11) is 0. The van der Waals surface area contributed by atoms with Crippen molar-refractivity contribution in [1.82, 2.24) is 14.9 Å². The summed E-state index contributed by atoms with van der Waals surface area (Å²) in [6.45, 7) is 6.70. The van der Waals surface area contributed by atoms with E-state index in [4.69, 9.17) is 5.10 Å². The van der Waals surface area contributed by atoms with Crippen LogP contribution in [0.1, 0.15) is 31.9 Å². The molecule has 1 aromatic heterocycles. The predicted molar refractivity (Wildman–Crippen MR) is 121 cm³/mol. The lowest BCUT2D eigenvalue weighted by Gasteiger charge is -2.20. The van der Waals surface area contributed by atoms with Crippen molar-refractivity contribution >= 4 is 28.2 Å². The molecule has 0 atom stereocenters. The van der Waals surface area contributed by atoms with Crippen molar-refractivity contribution in [1.29, 1.82) is 0 Å². The quantitative estimate of drug-likeness (QED) is 0.431. The molecule has 1 aliphatic rings. The molecule has 0 amide bonds. The Morgan fingerprint density at radius 2 is 1.62 bits per heavy atom. The molecule has 0 bridgehead atoms. The van der Waals surface area contributed by atoms with Gasteiger partial charge in [-0.05, 0) is 27.3 Å². The van der Waals surface area contributed by atoms with Crippen molar-refractivity contribution in [3.05, 3.63) is 77.9 Å². The first kappa shape index (κ1) is 18.1. The van der Waals surface area contributed by atoms with Crippen LogP contribution < -0.4 is 0 Å². The van der Waals surface area contributed by atoms with Crippen LogP contribution in [0.3, 0.4) is 0 Å². The van der Waals surface area contributed by atoms with Crippen molar-refractivity contribution in [3.8, 4) is 11.4 Å². The van der Waals surface area contributed by atoms with Gasteiger partial charge < -0.3 is 0 Å². The summed E-state index contributed by atoms with van der Waals surface area (Å²) in [6.07, 6.45) is 0. The number of nitrogens with zero attached hydrogens (tertiary/aromatic N) is 4. The average molecular weight is 399 g/mol. The Morgan fingerprint density at radius 1 is 0.862 bits per heavy atom. The van der Waals surface area contributed by atoms with E-state index >= 15 is 0 Å². The molecule has 1 aliphatic heterocycles. The van der Waals surface area contributed by atoms with Gasteiger partial charge in [0.15, 0.2) is 5.82 Å². The molecule has 0 saturated carbocycles. The Kier molecular flexibility index (Phi) is 4.28. The molecule has 144 valence electrons. The van der Waals surface area contributed by atoms with Gasteiger partial charge in [0.2, 0.25) is 5.16 Å². The van der Waals surface area contributed by atoms with Crippen LogP contribution in [0.5, 0.6) is 0 Å². The molecule has 0 saturated heterocycles. The third-order valence-corrected chi connectivity index (χ3v) is 6.22. The second kappa shape index (κ2) is 6.85. The number of fused-ring (bicyclic) bond motifs is 2. The van der Waals surface area contributed by atoms with Gasteiger partial charge in [-0.3, -0.25) is 0 Å². The van der Waals surface area contributed by atoms with Gasteiger partial charge in [0.1, 0.15) is 0 Å². The third-order valence-electron chi connectivity index (χ3n) is 5.29. The molecular weight excluding hydrogens is 376 g/mol. The van der Waals surface area contributed by atoms with E-state index < -0.39 is 0 Å². The van der Waals surface area contributed by atoms with Crippen LogP contribution in [0.15, 0.2) is 77.0 Å². The molecule has 0 aliphatic carbocycles. The molecular formula is C24H22N4S. The first-order valence-corrected chi connectivity index (χ1v) is 10.7. The summed E-state index contributed by atoms with van der Waals surface area (Å²) in [5.74, 6) is 1.58. The lowest BCUT2D eigenvalue weighted by Crippen LogP contribution is -2.15. The molecule has 0 spiro atoms. The summed E-state index contributed by atoms with van der Waals surface area (Å²) in [4.78, 5) is 0. The topological polar surface area (TPSA) is 43.1 Å². The Bertz CT molecular complexity index is 1220. The van der Waals surface area contributed by atoms with Gasteiger partial charge in [0.25, 0.3) is 0 Å². The third kappa shape index (κ3) is 3.25. The maximum Gasteiger partial charge on any atom is 0.212 e. The van der Waals surface area contributed by atoms with E-state index in [9.17, 15) is 0 Å². The minimum Gasteiger partial charge on any atom is -0.186 e. The van der Waals surface area contributed by atoms with Crippen LogP contribution in [0.25, 0.3) is 22.2 Å². The first-order chi connectivity index (χ1) is 14.0. The largest absolute Gasteiger partial charge is 0.212 e. The molecule has 0 N–H and O–H groups in total. The lowest BCUT2D eigenvalue weighted by molar-refractivity contribution is 0.590. The predicted octanol–water partition coefficient (Wildman–Crippen LogP) is 5.75. The Labute approximate surface area is 174 Å². The van der Waals surface area contributed by atoms with Gasteiger partial charge in [-0.2, -0.15) is 9.78 Å². The van der Waals surface area contributed by atoms with Crippen molar-refractivity contribution in [2.75, 3.05) is 5.75 Å². The number of benzene rings is 3. The Hall–Kier alpha value is -2.92. The summed E-state index contributed by atoms with van der Waals surface area (Å²) >= 11 is 1.68. The van der Waals surface area contributed by atoms with Crippen LogP contribution in [0.4, 0.5) is 0 Å². The number of thioether (sulfide) groups is 1. The van der Waals surface area contributed by atoms with Crippen LogP contribution >= 0.6 is 11.8 Å². The minimum atomic E-state index is 0.143. The zero-order valence-electron chi connectivity index (χ0n) is 16.8. The van der Waals surface area contributed by atoms with E-state index in [1.165, 1.54) is 10.9 Å². The monoisotopic (exact) mass is 398 g/mol. The molecule has 3 aromatic carbocycles. The van der Waals surface area contributed by atoms with Crippen molar-refractivity contribution in [3.63, 3.8) is 0 Å². The summed E-state index contributed by atoms with van der Waals surface area (Å²) in [6, 6.07) is 23.4. The zero-order valence-corrected chi connectivity index (χ0v) is 17.6. The summed E-state index contributed by atoms with van der Waals surface area (Å²) < 4.78 is 1.89. The van der Waals surface area contributed by atoms with Crippen LogP contribution in [-0.2, 0) is 5.41 Å². The molecule has 0 fully saturated rings. The van der Waals surface area contributed by atoms with E-state index in [2.05, 4.69) is 97.7 Å². The highest BCUT2D eigenvalue weighted by molar-refractivity contribution is 7.99. The van der Waals surface area contributed by atoms with E-state index in [0.717, 1.165) is 39.0 Å². The van der Waals surface area contributed by atoms with E-state index in [-0.39, 0.29) is 5.41 Å². The van der Waals surface area contributed by atoms with Crippen LogP contribution in [-0.4, -0.2) is 26.3 Å². The highest BCUT2D eigenvalue weighted by Gasteiger charge is 2.22. The number of hydrogen-bond acceptors (Lipinski definition) is 4. The fourth-order valence-corrected chi connectivity index (χ4v) is 4.46. The van der Waals surface area contributed by atoms with Gasteiger partial charge in [-0.1, -0.05) is 99.3 Å². The summed E-state index contributed by atoms with van der Waals surface area (Å²) in [5, 5.41) is 17.0. The van der Waals surface area contributed by atoms with Crippen LogP contribution in [0.2, 0.25) is 0 Å². The molecule has 5 rings (SSSR count). The molecule has 4 nitrogen and oxygen atoms in total. The van der Waals surface area contributed by atoms with Crippen molar-refractivity contribution in [2.45, 2.75) is 31.3 Å². The number of hydrogen-bond donors (Lipinski definition) is 0. The lowest BCUT2D eigenvalue weighted by atomic mass is 9.86. The van der Waals surface area contributed by atoms with Gasteiger partial charge in [0, 0.05) is 11.3 Å². The summed E-state index contributed by atoms with van der Waals surface area (Å²) in [5.41, 5.74) is 4.71.